The predicted molar refractivity (Wildman–Crippen MR) is 91.5 cm³/mol. The van der Waals surface area contributed by atoms with Gasteiger partial charge in [0.05, 0.1) is 6.10 Å². The molecular weight excluding hydrogens is 292 g/mol. The van der Waals surface area contributed by atoms with Crippen LogP contribution >= 0.6 is 11.8 Å². The molecule has 0 amide bonds. The second-order valence-corrected chi connectivity index (χ2v) is 6.59. The van der Waals surface area contributed by atoms with Gasteiger partial charge < -0.3 is 4.74 Å². The van der Waals surface area contributed by atoms with Crippen LogP contribution in [0.3, 0.4) is 0 Å². The standard InChI is InChI=1S/C18H18N2OS/c1-12-9-14-10-13-5-4-8-19-17(13)20(18(14)21-12)15-6-3-7-16(11-15)22-2/h3-8,10-12,18H,9H2,1-2H3. The van der Waals surface area contributed by atoms with Crippen molar-refractivity contribution < 1.29 is 4.74 Å². The van der Waals surface area contributed by atoms with E-state index in [-0.39, 0.29) is 12.3 Å². The summed E-state index contributed by atoms with van der Waals surface area (Å²) in [5.74, 6) is 0.976. The number of thioether (sulfide) groups is 1. The van der Waals surface area contributed by atoms with Crippen LogP contribution in [-0.2, 0) is 4.74 Å². The fraction of sp³-hybridized carbons (Fsp3) is 0.278. The third-order valence-corrected chi connectivity index (χ3v) is 4.88. The third kappa shape index (κ3) is 2.23. The van der Waals surface area contributed by atoms with Gasteiger partial charge in [-0.05, 0) is 61.6 Å². The number of anilines is 2. The molecule has 1 aromatic heterocycles. The zero-order valence-corrected chi connectivity index (χ0v) is 13.5. The lowest BCUT2D eigenvalue weighted by Crippen LogP contribution is -2.35. The number of nitrogens with zero attached hydrogens (tertiary/aromatic N) is 2. The van der Waals surface area contributed by atoms with Gasteiger partial charge >= 0.3 is 0 Å². The maximum absolute atomic E-state index is 6.17. The molecule has 0 radical (unpaired) electrons. The largest absolute Gasteiger partial charge is 0.351 e. The van der Waals surface area contributed by atoms with Gasteiger partial charge in [-0.25, -0.2) is 4.98 Å². The summed E-state index contributed by atoms with van der Waals surface area (Å²) in [7, 11) is 0. The molecule has 2 atom stereocenters. The Bertz CT molecular complexity index is 743. The van der Waals surface area contributed by atoms with E-state index in [0.717, 1.165) is 17.9 Å². The zero-order valence-electron chi connectivity index (χ0n) is 12.7. The fourth-order valence-electron chi connectivity index (χ4n) is 3.20. The van der Waals surface area contributed by atoms with Crippen LogP contribution in [-0.4, -0.2) is 23.6 Å². The van der Waals surface area contributed by atoms with Gasteiger partial charge in [0.2, 0.25) is 0 Å². The van der Waals surface area contributed by atoms with Crippen LogP contribution in [0.2, 0.25) is 0 Å². The molecular formula is C18H18N2OS. The number of fused-ring (bicyclic) bond motifs is 2. The molecule has 3 nitrogen and oxygen atoms in total. The van der Waals surface area contributed by atoms with Crippen molar-refractivity contribution in [2.45, 2.75) is 30.6 Å². The van der Waals surface area contributed by atoms with Crippen molar-refractivity contribution in [1.82, 2.24) is 4.98 Å². The lowest BCUT2D eigenvalue weighted by molar-refractivity contribution is 0.0672. The smallest absolute Gasteiger partial charge is 0.158 e. The quantitative estimate of drug-likeness (QED) is 0.764. The monoisotopic (exact) mass is 310 g/mol. The second kappa shape index (κ2) is 5.45. The number of pyridine rings is 1. The summed E-state index contributed by atoms with van der Waals surface area (Å²) < 4.78 is 6.17. The van der Waals surface area contributed by atoms with Gasteiger partial charge in [0.25, 0.3) is 0 Å². The zero-order chi connectivity index (χ0) is 15.1. The van der Waals surface area contributed by atoms with Crippen molar-refractivity contribution in [3.05, 3.63) is 53.7 Å². The molecule has 2 unspecified atom stereocenters. The Balaban J connectivity index is 1.86. The van der Waals surface area contributed by atoms with Crippen LogP contribution < -0.4 is 4.90 Å². The molecule has 4 heteroatoms. The highest BCUT2D eigenvalue weighted by Crippen LogP contribution is 2.42. The van der Waals surface area contributed by atoms with Gasteiger partial charge in [-0.3, -0.25) is 4.90 Å². The molecule has 2 aromatic rings. The molecule has 3 heterocycles. The van der Waals surface area contributed by atoms with Crippen molar-refractivity contribution in [1.29, 1.82) is 0 Å². The first-order valence-electron chi connectivity index (χ1n) is 7.50. The van der Waals surface area contributed by atoms with E-state index < -0.39 is 0 Å². The van der Waals surface area contributed by atoms with Gasteiger partial charge in [0.1, 0.15) is 5.82 Å². The van der Waals surface area contributed by atoms with Gasteiger partial charge in [-0.15, -0.1) is 11.8 Å². The summed E-state index contributed by atoms with van der Waals surface area (Å²) in [4.78, 5) is 8.09. The number of hydrogen-bond donors (Lipinski definition) is 0. The third-order valence-electron chi connectivity index (χ3n) is 4.15. The molecule has 1 aromatic carbocycles. The van der Waals surface area contributed by atoms with Crippen molar-refractivity contribution in [2.75, 3.05) is 11.2 Å². The molecule has 112 valence electrons. The molecule has 22 heavy (non-hydrogen) atoms. The number of hydrogen-bond acceptors (Lipinski definition) is 4. The Labute approximate surface area is 135 Å². The summed E-state index contributed by atoms with van der Waals surface area (Å²) in [6.07, 6.45) is 7.39. The van der Waals surface area contributed by atoms with Crippen LogP contribution in [0.4, 0.5) is 11.5 Å². The van der Waals surface area contributed by atoms with Crippen molar-refractivity contribution in [2.24, 2.45) is 0 Å². The van der Waals surface area contributed by atoms with E-state index >= 15 is 0 Å². The first-order chi connectivity index (χ1) is 10.8. The first-order valence-corrected chi connectivity index (χ1v) is 8.73. The van der Waals surface area contributed by atoms with Crippen molar-refractivity contribution in [3.8, 4) is 0 Å². The first kappa shape index (κ1) is 13.9. The number of rotatable bonds is 2. The summed E-state index contributed by atoms with van der Waals surface area (Å²) in [5, 5.41) is 0. The summed E-state index contributed by atoms with van der Waals surface area (Å²) >= 11 is 1.75. The Morgan fingerprint density at radius 2 is 2.18 bits per heavy atom. The minimum Gasteiger partial charge on any atom is -0.351 e. The Morgan fingerprint density at radius 1 is 1.27 bits per heavy atom. The highest BCUT2D eigenvalue weighted by atomic mass is 32.2. The van der Waals surface area contributed by atoms with E-state index in [1.54, 1.807) is 11.8 Å². The number of aromatic nitrogens is 1. The van der Waals surface area contributed by atoms with Gasteiger partial charge in [-0.2, -0.15) is 0 Å². The summed E-state index contributed by atoms with van der Waals surface area (Å²) in [6.45, 7) is 2.13. The van der Waals surface area contributed by atoms with E-state index in [2.05, 4.69) is 59.5 Å². The molecule has 1 fully saturated rings. The maximum Gasteiger partial charge on any atom is 0.158 e. The highest BCUT2D eigenvalue weighted by molar-refractivity contribution is 7.98. The second-order valence-electron chi connectivity index (χ2n) is 5.71. The molecule has 1 saturated heterocycles. The molecule has 4 rings (SSSR count). The molecule has 0 saturated carbocycles. The van der Waals surface area contributed by atoms with Gasteiger partial charge in [0.15, 0.2) is 6.23 Å². The van der Waals surface area contributed by atoms with E-state index in [0.29, 0.717) is 0 Å². The van der Waals surface area contributed by atoms with Crippen LogP contribution in [0.25, 0.3) is 6.08 Å². The molecule has 0 bridgehead atoms. The van der Waals surface area contributed by atoms with Crippen LogP contribution in [0, 0.1) is 0 Å². The summed E-state index contributed by atoms with van der Waals surface area (Å²) in [6, 6.07) is 12.7. The van der Waals surface area contributed by atoms with Gasteiger partial charge in [0, 0.05) is 22.3 Å². The van der Waals surface area contributed by atoms with Crippen LogP contribution in [0.1, 0.15) is 18.9 Å². The average molecular weight is 310 g/mol. The predicted octanol–water partition coefficient (Wildman–Crippen LogP) is 4.47. The SMILES string of the molecule is CSc1cccc(N2c3ncccc3C=C3CC(C)OC32)c1. The average Bonchev–Trinajstić information content (AvgIpc) is 2.92. The molecule has 2 aliphatic rings. The van der Waals surface area contributed by atoms with E-state index in [9.17, 15) is 0 Å². The fourth-order valence-corrected chi connectivity index (χ4v) is 3.65. The van der Waals surface area contributed by atoms with E-state index in [1.165, 1.54) is 16.0 Å². The van der Waals surface area contributed by atoms with Crippen molar-refractivity contribution in [3.63, 3.8) is 0 Å². The molecule has 0 N–H and O–H groups in total. The minimum atomic E-state index is -0.0329. The lowest BCUT2D eigenvalue weighted by atomic mass is 10.0. The number of ether oxygens (including phenoxy) is 1. The molecule has 2 aliphatic heterocycles. The molecule has 0 aliphatic carbocycles. The summed E-state index contributed by atoms with van der Waals surface area (Å²) in [5.41, 5.74) is 3.64. The Hall–Kier alpha value is -1.78. The lowest BCUT2D eigenvalue weighted by Gasteiger charge is -2.34. The maximum atomic E-state index is 6.17. The number of benzene rings is 1. The topological polar surface area (TPSA) is 25.4 Å². The van der Waals surface area contributed by atoms with Gasteiger partial charge in [-0.1, -0.05) is 6.07 Å². The highest BCUT2D eigenvalue weighted by Gasteiger charge is 2.37. The van der Waals surface area contributed by atoms with E-state index in [4.69, 9.17) is 4.74 Å². The van der Waals surface area contributed by atoms with E-state index in [1.807, 2.05) is 12.3 Å². The minimum absolute atomic E-state index is 0.0329. The Morgan fingerprint density at radius 3 is 3.05 bits per heavy atom. The van der Waals surface area contributed by atoms with Crippen LogP contribution in [0.15, 0.2) is 53.1 Å². The van der Waals surface area contributed by atoms with Crippen molar-refractivity contribution >= 4 is 29.3 Å². The Kier molecular flexibility index (Phi) is 3.43. The molecule has 0 spiro atoms. The van der Waals surface area contributed by atoms with Crippen LogP contribution in [0.5, 0.6) is 0 Å². The normalized spacial score (nSPS) is 23.0.